The summed E-state index contributed by atoms with van der Waals surface area (Å²) in [6, 6.07) is 0. The molecule has 0 radical (unpaired) electrons. The van der Waals surface area contributed by atoms with Gasteiger partial charge in [-0.05, 0) is 6.42 Å². The van der Waals surface area contributed by atoms with Gasteiger partial charge in [-0.15, -0.1) is 0 Å². The first-order valence-corrected chi connectivity index (χ1v) is 6.88. The lowest BCUT2D eigenvalue weighted by atomic mass is 9.48. The highest BCUT2D eigenvalue weighted by molar-refractivity contribution is 5.93. The quantitative estimate of drug-likeness (QED) is 0.486. The van der Waals surface area contributed by atoms with E-state index in [1.165, 1.54) is 0 Å². The number of rotatable bonds is 5. The van der Waals surface area contributed by atoms with Crippen molar-refractivity contribution in [1.29, 1.82) is 0 Å². The highest BCUT2D eigenvalue weighted by Gasteiger charge is 2.71. The highest BCUT2D eigenvalue weighted by atomic mass is 16.5. The molecule has 1 saturated heterocycles. The molecule has 3 unspecified atom stereocenters. The fourth-order valence-electron chi connectivity index (χ4n) is 3.39. The number of carbonyl (C=O) groups is 3. The monoisotopic (exact) mass is 299 g/mol. The first-order chi connectivity index (χ1) is 9.71. The summed E-state index contributed by atoms with van der Waals surface area (Å²) in [6.45, 7) is 3.57. The zero-order chi connectivity index (χ0) is 15.8. The predicted molar refractivity (Wildman–Crippen MR) is 72.2 cm³/mol. The molecule has 21 heavy (non-hydrogen) atoms. The molecule has 0 bridgehead atoms. The Bertz CT molecular complexity index is 478. The van der Waals surface area contributed by atoms with Gasteiger partial charge in [-0.3, -0.25) is 14.4 Å². The Kier molecular flexibility index (Phi) is 3.94. The van der Waals surface area contributed by atoms with Crippen molar-refractivity contribution in [2.24, 2.45) is 17.1 Å². The van der Waals surface area contributed by atoms with Crippen LogP contribution in [0.1, 0.15) is 20.3 Å². The van der Waals surface area contributed by atoms with E-state index in [9.17, 15) is 14.4 Å². The molecule has 3 atom stereocenters. The standard InChI is InChI=1S/C13H21N3O5/c1-12(2)10-7(3-4-21-10)13(12,14)11(20)16-5-8(17)15-6-9(18)19/h7,10H,3-6,14H2,1-2H3,(H,15,17)(H,16,20)(H,18,19). The second-order valence-corrected chi connectivity index (χ2v) is 6.13. The van der Waals surface area contributed by atoms with Crippen molar-refractivity contribution < 1.29 is 24.2 Å². The summed E-state index contributed by atoms with van der Waals surface area (Å²) in [5.41, 5.74) is 4.73. The minimum atomic E-state index is -1.14. The second-order valence-electron chi connectivity index (χ2n) is 6.13. The van der Waals surface area contributed by atoms with E-state index in [0.717, 1.165) is 6.42 Å². The van der Waals surface area contributed by atoms with Crippen molar-refractivity contribution >= 4 is 17.8 Å². The average Bonchev–Trinajstić information content (AvgIpc) is 2.89. The van der Waals surface area contributed by atoms with Crippen molar-refractivity contribution in [3.8, 4) is 0 Å². The molecular weight excluding hydrogens is 278 g/mol. The van der Waals surface area contributed by atoms with E-state index in [0.29, 0.717) is 6.61 Å². The third-order valence-electron chi connectivity index (χ3n) is 4.68. The smallest absolute Gasteiger partial charge is 0.322 e. The molecule has 2 aliphatic rings. The maximum Gasteiger partial charge on any atom is 0.322 e. The fourth-order valence-corrected chi connectivity index (χ4v) is 3.39. The molecule has 1 aliphatic heterocycles. The van der Waals surface area contributed by atoms with Gasteiger partial charge in [-0.2, -0.15) is 0 Å². The molecule has 2 fully saturated rings. The van der Waals surface area contributed by atoms with Crippen LogP contribution >= 0.6 is 0 Å². The topological polar surface area (TPSA) is 131 Å². The molecule has 5 N–H and O–H groups in total. The highest BCUT2D eigenvalue weighted by Crippen LogP contribution is 2.58. The molecule has 1 saturated carbocycles. The number of nitrogens with two attached hydrogens (primary N) is 1. The Morgan fingerprint density at radius 1 is 1.29 bits per heavy atom. The Hall–Kier alpha value is -1.67. The second kappa shape index (κ2) is 5.27. The summed E-state index contributed by atoms with van der Waals surface area (Å²) in [5.74, 6) is -2.15. The Morgan fingerprint density at radius 3 is 2.57 bits per heavy atom. The third-order valence-corrected chi connectivity index (χ3v) is 4.68. The third kappa shape index (κ3) is 2.38. The van der Waals surface area contributed by atoms with E-state index in [4.69, 9.17) is 15.6 Å². The van der Waals surface area contributed by atoms with Crippen molar-refractivity contribution in [3.63, 3.8) is 0 Å². The maximum absolute atomic E-state index is 12.4. The van der Waals surface area contributed by atoms with Crippen LogP contribution < -0.4 is 16.4 Å². The molecule has 0 aromatic heterocycles. The van der Waals surface area contributed by atoms with Crippen LogP contribution in [0.25, 0.3) is 0 Å². The van der Waals surface area contributed by atoms with E-state index in [1.807, 2.05) is 13.8 Å². The van der Waals surface area contributed by atoms with Crippen LogP contribution in [0.2, 0.25) is 0 Å². The molecule has 1 aliphatic carbocycles. The molecule has 8 heteroatoms. The number of nitrogens with one attached hydrogen (secondary N) is 2. The summed E-state index contributed by atoms with van der Waals surface area (Å²) >= 11 is 0. The molecule has 0 spiro atoms. The van der Waals surface area contributed by atoms with Gasteiger partial charge in [0.2, 0.25) is 11.8 Å². The van der Waals surface area contributed by atoms with Gasteiger partial charge >= 0.3 is 5.97 Å². The fraction of sp³-hybridized carbons (Fsp3) is 0.769. The molecule has 1 heterocycles. The maximum atomic E-state index is 12.4. The van der Waals surface area contributed by atoms with E-state index in [1.54, 1.807) is 0 Å². The normalized spacial score (nSPS) is 32.7. The van der Waals surface area contributed by atoms with Crippen LogP contribution in [0.15, 0.2) is 0 Å². The number of carboxylic acids is 1. The summed E-state index contributed by atoms with van der Waals surface area (Å²) in [7, 11) is 0. The number of carbonyl (C=O) groups excluding carboxylic acids is 2. The molecule has 0 aromatic carbocycles. The SMILES string of the molecule is CC1(C)C2OCCC2C1(N)C(=O)NCC(=O)NCC(=O)O. The van der Waals surface area contributed by atoms with Crippen LogP contribution in [-0.2, 0) is 19.1 Å². The molecule has 118 valence electrons. The summed E-state index contributed by atoms with van der Waals surface area (Å²) in [6.07, 6.45) is 0.692. The van der Waals surface area contributed by atoms with Crippen LogP contribution in [0.3, 0.4) is 0 Å². The van der Waals surface area contributed by atoms with E-state index >= 15 is 0 Å². The first kappa shape index (κ1) is 15.7. The lowest BCUT2D eigenvalue weighted by Crippen LogP contribution is -2.80. The van der Waals surface area contributed by atoms with Crippen molar-refractivity contribution in [2.75, 3.05) is 19.7 Å². The minimum Gasteiger partial charge on any atom is -0.480 e. The number of carboxylic acid groups (broad SMARTS) is 1. The van der Waals surface area contributed by atoms with Gasteiger partial charge in [-0.1, -0.05) is 13.8 Å². The largest absolute Gasteiger partial charge is 0.480 e. The predicted octanol–water partition coefficient (Wildman–Crippen LogP) is -1.55. The number of aliphatic carboxylic acids is 1. The number of hydrogen-bond acceptors (Lipinski definition) is 5. The number of fused-ring (bicyclic) bond motifs is 1. The zero-order valence-corrected chi connectivity index (χ0v) is 12.1. The van der Waals surface area contributed by atoms with E-state index < -0.39 is 35.3 Å². The van der Waals surface area contributed by atoms with Crippen LogP contribution in [0, 0.1) is 11.3 Å². The number of ether oxygens (including phenoxy) is 1. The Balaban J connectivity index is 1.91. The summed E-state index contributed by atoms with van der Waals surface area (Å²) < 4.78 is 5.60. The Morgan fingerprint density at radius 2 is 1.95 bits per heavy atom. The Labute approximate surface area is 122 Å². The molecule has 8 nitrogen and oxygen atoms in total. The van der Waals surface area contributed by atoms with E-state index in [2.05, 4.69) is 10.6 Å². The van der Waals surface area contributed by atoms with Gasteiger partial charge < -0.3 is 26.2 Å². The lowest BCUT2D eigenvalue weighted by molar-refractivity contribution is -0.175. The van der Waals surface area contributed by atoms with Gasteiger partial charge in [0.1, 0.15) is 12.1 Å². The molecule has 0 aromatic rings. The van der Waals surface area contributed by atoms with E-state index in [-0.39, 0.29) is 18.6 Å². The minimum absolute atomic E-state index is 0.0333. The zero-order valence-electron chi connectivity index (χ0n) is 12.1. The number of hydrogen-bond donors (Lipinski definition) is 4. The van der Waals surface area contributed by atoms with Crippen LogP contribution in [-0.4, -0.2) is 54.2 Å². The van der Waals surface area contributed by atoms with Gasteiger partial charge in [0.05, 0.1) is 12.6 Å². The lowest BCUT2D eigenvalue weighted by Gasteiger charge is -2.60. The van der Waals surface area contributed by atoms with Gasteiger partial charge in [-0.25, -0.2) is 0 Å². The van der Waals surface area contributed by atoms with Gasteiger partial charge in [0.15, 0.2) is 0 Å². The van der Waals surface area contributed by atoms with Crippen molar-refractivity contribution in [3.05, 3.63) is 0 Å². The molecule has 2 rings (SSSR count). The van der Waals surface area contributed by atoms with Crippen molar-refractivity contribution in [1.82, 2.24) is 10.6 Å². The summed E-state index contributed by atoms with van der Waals surface area (Å²) in [4.78, 5) is 34.1. The molecular formula is C13H21N3O5. The van der Waals surface area contributed by atoms with Gasteiger partial charge in [0, 0.05) is 17.9 Å². The van der Waals surface area contributed by atoms with Gasteiger partial charge in [0.25, 0.3) is 0 Å². The van der Waals surface area contributed by atoms with Crippen LogP contribution in [0.4, 0.5) is 0 Å². The first-order valence-electron chi connectivity index (χ1n) is 6.88. The summed E-state index contributed by atoms with van der Waals surface area (Å²) in [5, 5.41) is 13.1. The molecule has 2 amide bonds. The van der Waals surface area contributed by atoms with Crippen molar-refractivity contribution in [2.45, 2.75) is 31.9 Å². The van der Waals surface area contributed by atoms with Crippen LogP contribution in [0.5, 0.6) is 0 Å². The number of amides is 2. The average molecular weight is 299 g/mol.